The van der Waals surface area contributed by atoms with Crippen LogP contribution in [0, 0.1) is 20.8 Å². The molecule has 0 spiro atoms. The average molecular weight is 345 g/mol. The molecular weight excluding hydrogens is 328 g/mol. The fourth-order valence-electron chi connectivity index (χ4n) is 2.53. The first-order chi connectivity index (χ1) is 10.9. The van der Waals surface area contributed by atoms with Gasteiger partial charge in [-0.15, -0.1) is 0 Å². The summed E-state index contributed by atoms with van der Waals surface area (Å²) in [6.07, 6.45) is 0.350. The molecule has 2 aromatic carbocycles. The van der Waals surface area contributed by atoms with Gasteiger partial charge in [0.25, 0.3) is 0 Å². The van der Waals surface area contributed by atoms with Crippen molar-refractivity contribution < 1.29 is 4.79 Å². The molecule has 0 atom stereocenters. The molecule has 0 aliphatic rings. The summed E-state index contributed by atoms with van der Waals surface area (Å²) >= 11 is 7.51. The Bertz CT molecular complexity index is 901. The Labute approximate surface area is 144 Å². The lowest BCUT2D eigenvalue weighted by molar-refractivity contribution is -0.115. The van der Waals surface area contributed by atoms with Crippen molar-refractivity contribution >= 4 is 44.2 Å². The van der Waals surface area contributed by atoms with E-state index in [1.54, 1.807) is 0 Å². The summed E-state index contributed by atoms with van der Waals surface area (Å²) in [7, 11) is 0. The lowest BCUT2D eigenvalue weighted by Gasteiger charge is -2.06. The van der Waals surface area contributed by atoms with Crippen LogP contribution in [-0.2, 0) is 11.2 Å². The van der Waals surface area contributed by atoms with Crippen LogP contribution in [0.25, 0.3) is 10.2 Å². The second kappa shape index (κ2) is 6.30. The summed E-state index contributed by atoms with van der Waals surface area (Å²) in [5.74, 6) is -0.0542. The summed E-state index contributed by atoms with van der Waals surface area (Å²) in [5.41, 5.74) is 5.23. The van der Waals surface area contributed by atoms with E-state index >= 15 is 0 Å². The first kappa shape index (κ1) is 16.0. The Morgan fingerprint density at radius 3 is 2.74 bits per heavy atom. The quantitative estimate of drug-likeness (QED) is 0.721. The lowest BCUT2D eigenvalue weighted by atomic mass is 10.0. The zero-order chi connectivity index (χ0) is 16.6. The maximum absolute atomic E-state index is 12.3. The number of rotatable bonds is 3. The van der Waals surface area contributed by atoms with Crippen LogP contribution in [0.2, 0.25) is 5.02 Å². The minimum absolute atomic E-state index is 0.0542. The second-order valence-corrected chi connectivity index (χ2v) is 7.21. The molecule has 3 aromatic rings. The number of amides is 1. The van der Waals surface area contributed by atoms with E-state index in [-0.39, 0.29) is 5.91 Å². The normalized spacial score (nSPS) is 11.0. The van der Waals surface area contributed by atoms with Crippen LogP contribution < -0.4 is 5.32 Å². The minimum Gasteiger partial charge on any atom is -0.302 e. The molecule has 0 aliphatic heterocycles. The fraction of sp³-hybridized carbons (Fsp3) is 0.222. The van der Waals surface area contributed by atoms with Gasteiger partial charge < -0.3 is 5.32 Å². The molecule has 0 aliphatic carbocycles. The third-order valence-corrected chi connectivity index (χ3v) is 4.89. The number of carbonyl (C=O) groups excluding carboxylic acids is 1. The number of fused-ring (bicyclic) bond motifs is 1. The van der Waals surface area contributed by atoms with E-state index in [2.05, 4.69) is 22.4 Å². The Kier molecular flexibility index (Phi) is 4.37. The first-order valence-electron chi connectivity index (χ1n) is 7.35. The van der Waals surface area contributed by atoms with Gasteiger partial charge in [0.15, 0.2) is 5.13 Å². The van der Waals surface area contributed by atoms with E-state index in [0.717, 1.165) is 32.5 Å². The summed E-state index contributed by atoms with van der Waals surface area (Å²) < 4.78 is 0.983. The summed E-state index contributed by atoms with van der Waals surface area (Å²) in [6, 6.07) is 9.90. The molecule has 23 heavy (non-hydrogen) atoms. The van der Waals surface area contributed by atoms with Gasteiger partial charge in [0.05, 0.1) is 16.6 Å². The van der Waals surface area contributed by atoms with E-state index in [0.29, 0.717) is 16.6 Å². The molecule has 3 nitrogen and oxygen atoms in total. The van der Waals surface area contributed by atoms with E-state index < -0.39 is 0 Å². The molecule has 0 unspecified atom stereocenters. The number of nitrogens with one attached hydrogen (secondary N) is 1. The Balaban J connectivity index is 1.80. The van der Waals surface area contributed by atoms with Crippen molar-refractivity contribution in [2.75, 3.05) is 5.32 Å². The molecule has 1 aromatic heterocycles. The van der Waals surface area contributed by atoms with Crippen LogP contribution in [0.4, 0.5) is 5.13 Å². The van der Waals surface area contributed by atoms with E-state index in [1.807, 2.05) is 39.0 Å². The number of anilines is 1. The summed E-state index contributed by atoms with van der Waals surface area (Å²) in [6.45, 7) is 6.02. The summed E-state index contributed by atoms with van der Waals surface area (Å²) in [5, 5.41) is 4.20. The van der Waals surface area contributed by atoms with Gasteiger partial charge in [-0.05, 0) is 49.6 Å². The van der Waals surface area contributed by atoms with Crippen molar-refractivity contribution in [3.63, 3.8) is 0 Å². The Hall–Kier alpha value is -1.91. The van der Waals surface area contributed by atoms with E-state index in [1.165, 1.54) is 11.3 Å². The molecule has 0 saturated heterocycles. The van der Waals surface area contributed by atoms with E-state index in [4.69, 9.17) is 11.6 Å². The number of carbonyl (C=O) groups is 1. The van der Waals surface area contributed by atoms with Crippen molar-refractivity contribution in [3.05, 3.63) is 57.6 Å². The van der Waals surface area contributed by atoms with Gasteiger partial charge in [-0.1, -0.05) is 46.7 Å². The minimum atomic E-state index is -0.0542. The average Bonchev–Trinajstić information content (AvgIpc) is 2.85. The van der Waals surface area contributed by atoms with Crippen molar-refractivity contribution in [1.29, 1.82) is 0 Å². The van der Waals surface area contributed by atoms with Gasteiger partial charge in [0.2, 0.25) is 5.91 Å². The van der Waals surface area contributed by atoms with Crippen LogP contribution in [0.5, 0.6) is 0 Å². The third kappa shape index (κ3) is 3.54. The number of hydrogen-bond donors (Lipinski definition) is 1. The van der Waals surface area contributed by atoms with Crippen molar-refractivity contribution in [3.8, 4) is 0 Å². The van der Waals surface area contributed by atoms with Crippen LogP contribution in [0.3, 0.4) is 0 Å². The van der Waals surface area contributed by atoms with Crippen LogP contribution >= 0.6 is 22.9 Å². The molecule has 5 heteroatoms. The third-order valence-electron chi connectivity index (χ3n) is 3.75. The standard InChI is InChI=1S/C18H17ClN2OS/c1-10-4-5-11(2)13(6-10)8-16(22)20-18-21-17-12(3)7-14(19)9-15(17)23-18/h4-7,9H,8H2,1-3H3,(H,20,21,22). The second-order valence-electron chi connectivity index (χ2n) is 5.74. The highest BCUT2D eigenvalue weighted by Gasteiger charge is 2.12. The van der Waals surface area contributed by atoms with Gasteiger partial charge in [-0.2, -0.15) is 0 Å². The van der Waals surface area contributed by atoms with Crippen molar-refractivity contribution in [2.24, 2.45) is 0 Å². The SMILES string of the molecule is Cc1ccc(C)c(CC(=O)Nc2nc3c(C)cc(Cl)cc3s2)c1. The number of aryl methyl sites for hydroxylation is 3. The molecule has 3 rings (SSSR count). The van der Waals surface area contributed by atoms with Gasteiger partial charge >= 0.3 is 0 Å². The molecule has 0 saturated carbocycles. The fourth-order valence-corrected chi connectivity index (χ4v) is 3.87. The Morgan fingerprint density at radius 2 is 1.96 bits per heavy atom. The number of nitrogens with zero attached hydrogens (tertiary/aromatic N) is 1. The predicted molar refractivity (Wildman–Crippen MR) is 97.6 cm³/mol. The molecule has 1 heterocycles. The number of thiazole rings is 1. The maximum atomic E-state index is 12.3. The van der Waals surface area contributed by atoms with Crippen molar-refractivity contribution in [1.82, 2.24) is 4.98 Å². The first-order valence-corrected chi connectivity index (χ1v) is 8.54. The number of hydrogen-bond acceptors (Lipinski definition) is 3. The number of benzene rings is 2. The number of aromatic nitrogens is 1. The van der Waals surface area contributed by atoms with Gasteiger partial charge in [0, 0.05) is 5.02 Å². The highest BCUT2D eigenvalue weighted by atomic mass is 35.5. The highest BCUT2D eigenvalue weighted by molar-refractivity contribution is 7.22. The molecule has 118 valence electrons. The molecule has 1 N–H and O–H groups in total. The molecule has 0 bridgehead atoms. The Morgan fingerprint density at radius 1 is 1.17 bits per heavy atom. The topological polar surface area (TPSA) is 42.0 Å². The highest BCUT2D eigenvalue weighted by Crippen LogP contribution is 2.31. The molecular formula is C18H17ClN2OS. The van der Waals surface area contributed by atoms with Gasteiger partial charge in [-0.25, -0.2) is 4.98 Å². The zero-order valence-corrected chi connectivity index (χ0v) is 14.8. The zero-order valence-electron chi connectivity index (χ0n) is 13.2. The maximum Gasteiger partial charge on any atom is 0.230 e. The monoisotopic (exact) mass is 344 g/mol. The lowest BCUT2D eigenvalue weighted by Crippen LogP contribution is -2.14. The molecule has 0 radical (unpaired) electrons. The van der Waals surface area contributed by atoms with Crippen molar-refractivity contribution in [2.45, 2.75) is 27.2 Å². The van der Waals surface area contributed by atoms with E-state index in [9.17, 15) is 4.79 Å². The summed E-state index contributed by atoms with van der Waals surface area (Å²) in [4.78, 5) is 16.8. The smallest absolute Gasteiger partial charge is 0.230 e. The number of halogens is 1. The molecule has 1 amide bonds. The molecule has 0 fully saturated rings. The van der Waals surface area contributed by atoms with Gasteiger partial charge in [-0.3, -0.25) is 4.79 Å². The largest absolute Gasteiger partial charge is 0.302 e. The van der Waals surface area contributed by atoms with Crippen LogP contribution in [0.1, 0.15) is 22.3 Å². The predicted octanol–water partition coefficient (Wildman–Crippen LogP) is 5.06. The van der Waals surface area contributed by atoms with Crippen LogP contribution in [-0.4, -0.2) is 10.9 Å². The van der Waals surface area contributed by atoms with Crippen LogP contribution in [0.15, 0.2) is 30.3 Å². The van der Waals surface area contributed by atoms with Gasteiger partial charge in [0.1, 0.15) is 0 Å².